The molecule has 1 rings (SSSR count). The van der Waals surface area contributed by atoms with Gasteiger partial charge in [0.2, 0.25) is 11.6 Å². The largest absolute Gasteiger partial charge is 0.290 e. The molecule has 0 atom stereocenters. The summed E-state index contributed by atoms with van der Waals surface area (Å²) in [5, 5.41) is 0.0627. The highest BCUT2D eigenvalue weighted by molar-refractivity contribution is 9.10. The second-order valence-corrected chi connectivity index (χ2v) is 3.78. The molecule has 0 radical (unpaired) electrons. The molecule has 0 spiro atoms. The van der Waals surface area contributed by atoms with Crippen molar-refractivity contribution in [1.29, 1.82) is 0 Å². The van der Waals surface area contributed by atoms with Crippen LogP contribution >= 0.6 is 31.9 Å². The van der Waals surface area contributed by atoms with Gasteiger partial charge in [-0.05, 0) is 12.1 Å². The lowest BCUT2D eigenvalue weighted by Gasteiger charge is -1.99. The number of Topliss-reactive ketones (excluding diaryl/α,β-unsaturated/α-hetero) is 2. The van der Waals surface area contributed by atoms with E-state index in [1.165, 1.54) is 0 Å². The van der Waals surface area contributed by atoms with Crippen molar-refractivity contribution in [3.63, 3.8) is 0 Å². The van der Waals surface area contributed by atoms with E-state index in [1.807, 2.05) is 0 Å². The second-order valence-electron chi connectivity index (χ2n) is 2.37. The summed E-state index contributed by atoms with van der Waals surface area (Å²) in [4.78, 5) is 22.4. The van der Waals surface area contributed by atoms with Crippen molar-refractivity contribution < 1.29 is 9.59 Å². The summed E-state index contributed by atoms with van der Waals surface area (Å²) < 4.78 is 0.648. The van der Waals surface area contributed by atoms with Crippen LogP contribution in [0.5, 0.6) is 0 Å². The lowest BCUT2D eigenvalue weighted by Crippen LogP contribution is -2.15. The predicted molar refractivity (Wildman–Crippen MR) is 57.3 cm³/mol. The minimum absolute atomic E-state index is 0.0627. The van der Waals surface area contributed by atoms with Crippen LogP contribution in [-0.4, -0.2) is 16.9 Å². The van der Waals surface area contributed by atoms with Crippen molar-refractivity contribution in [2.45, 2.75) is 0 Å². The first kappa shape index (κ1) is 10.6. The molecule has 0 N–H and O–H groups in total. The van der Waals surface area contributed by atoms with Crippen LogP contribution in [0.3, 0.4) is 0 Å². The van der Waals surface area contributed by atoms with Gasteiger partial charge in [-0.15, -0.1) is 0 Å². The quantitative estimate of drug-likeness (QED) is 0.489. The Morgan fingerprint density at radius 3 is 2.38 bits per heavy atom. The zero-order valence-corrected chi connectivity index (χ0v) is 9.76. The lowest BCUT2D eigenvalue weighted by molar-refractivity contribution is -0.112. The monoisotopic (exact) mass is 304 g/mol. The van der Waals surface area contributed by atoms with Gasteiger partial charge < -0.3 is 0 Å². The van der Waals surface area contributed by atoms with Crippen molar-refractivity contribution in [1.82, 2.24) is 0 Å². The highest BCUT2D eigenvalue weighted by Crippen LogP contribution is 2.16. The first-order valence-corrected chi connectivity index (χ1v) is 5.46. The third-order valence-electron chi connectivity index (χ3n) is 1.49. The summed E-state index contributed by atoms with van der Waals surface area (Å²) in [5.74, 6) is -0.906. The van der Waals surface area contributed by atoms with Crippen LogP contribution in [0.1, 0.15) is 10.4 Å². The molecular formula is C9H6Br2O2. The van der Waals surface area contributed by atoms with Crippen molar-refractivity contribution in [2.24, 2.45) is 0 Å². The topological polar surface area (TPSA) is 34.1 Å². The molecule has 0 bridgehead atoms. The fraction of sp³-hybridized carbons (Fsp3) is 0.111. The van der Waals surface area contributed by atoms with E-state index in [1.54, 1.807) is 24.3 Å². The Morgan fingerprint density at radius 1 is 1.23 bits per heavy atom. The third kappa shape index (κ3) is 2.48. The van der Waals surface area contributed by atoms with Crippen LogP contribution in [0.15, 0.2) is 28.7 Å². The number of hydrogen-bond acceptors (Lipinski definition) is 2. The first-order chi connectivity index (χ1) is 6.16. The first-order valence-electron chi connectivity index (χ1n) is 3.55. The molecule has 0 amide bonds. The van der Waals surface area contributed by atoms with Gasteiger partial charge in [0.25, 0.3) is 0 Å². The number of ketones is 2. The van der Waals surface area contributed by atoms with E-state index in [9.17, 15) is 9.59 Å². The second kappa shape index (κ2) is 4.67. The molecule has 0 heterocycles. The number of alkyl halides is 1. The van der Waals surface area contributed by atoms with Crippen LogP contribution in [0.2, 0.25) is 0 Å². The summed E-state index contributed by atoms with van der Waals surface area (Å²) in [6.45, 7) is 0. The molecule has 0 aliphatic carbocycles. The van der Waals surface area contributed by atoms with E-state index in [0.29, 0.717) is 10.0 Å². The summed E-state index contributed by atoms with van der Waals surface area (Å²) in [7, 11) is 0. The van der Waals surface area contributed by atoms with E-state index in [-0.39, 0.29) is 5.33 Å². The maximum Gasteiger partial charge on any atom is 0.230 e. The number of halogens is 2. The van der Waals surface area contributed by atoms with Crippen LogP contribution in [0, 0.1) is 0 Å². The van der Waals surface area contributed by atoms with Crippen LogP contribution < -0.4 is 0 Å². The summed E-state index contributed by atoms with van der Waals surface area (Å²) >= 11 is 6.16. The molecule has 68 valence electrons. The number of carbonyl (C=O) groups is 2. The highest BCUT2D eigenvalue weighted by atomic mass is 79.9. The number of benzene rings is 1. The summed E-state index contributed by atoms with van der Waals surface area (Å²) in [6.07, 6.45) is 0. The molecule has 1 aromatic rings. The normalized spacial score (nSPS) is 9.69. The van der Waals surface area contributed by atoms with E-state index in [2.05, 4.69) is 31.9 Å². The van der Waals surface area contributed by atoms with Gasteiger partial charge >= 0.3 is 0 Å². The zero-order valence-electron chi connectivity index (χ0n) is 6.59. The molecule has 0 unspecified atom stereocenters. The minimum atomic E-state index is -0.468. The van der Waals surface area contributed by atoms with Gasteiger partial charge in [0.1, 0.15) is 0 Å². The molecule has 1 aromatic carbocycles. The molecule has 0 aliphatic heterocycles. The molecular weight excluding hydrogens is 300 g/mol. The summed E-state index contributed by atoms with van der Waals surface area (Å²) in [5.41, 5.74) is 0.409. The van der Waals surface area contributed by atoms with E-state index < -0.39 is 11.6 Å². The molecule has 0 saturated heterocycles. The fourth-order valence-corrected chi connectivity index (χ4v) is 1.58. The van der Waals surface area contributed by atoms with Crippen LogP contribution in [-0.2, 0) is 4.79 Å². The smallest absolute Gasteiger partial charge is 0.230 e. The van der Waals surface area contributed by atoms with Crippen molar-refractivity contribution in [2.75, 3.05) is 5.33 Å². The molecule has 0 saturated carbocycles. The Kier molecular flexibility index (Phi) is 3.81. The van der Waals surface area contributed by atoms with E-state index >= 15 is 0 Å². The Balaban J connectivity index is 3.02. The van der Waals surface area contributed by atoms with Crippen molar-refractivity contribution in [3.05, 3.63) is 34.3 Å². The van der Waals surface area contributed by atoms with Crippen LogP contribution in [0.25, 0.3) is 0 Å². The van der Waals surface area contributed by atoms with Gasteiger partial charge in [-0.3, -0.25) is 9.59 Å². The third-order valence-corrected chi connectivity index (χ3v) is 2.69. The Labute approximate surface area is 92.6 Å². The Bertz CT molecular complexity index is 347. The maximum atomic E-state index is 11.4. The van der Waals surface area contributed by atoms with Gasteiger partial charge in [0.15, 0.2) is 0 Å². The van der Waals surface area contributed by atoms with Gasteiger partial charge in [-0.25, -0.2) is 0 Å². The average molecular weight is 306 g/mol. The Hall–Kier alpha value is -0.480. The Morgan fingerprint density at radius 2 is 1.85 bits per heavy atom. The average Bonchev–Trinajstić information content (AvgIpc) is 2.16. The van der Waals surface area contributed by atoms with Gasteiger partial charge in [0.05, 0.1) is 5.33 Å². The molecule has 0 fully saturated rings. The molecule has 0 aliphatic rings. The van der Waals surface area contributed by atoms with Crippen LogP contribution in [0.4, 0.5) is 0 Å². The molecule has 0 aromatic heterocycles. The van der Waals surface area contributed by atoms with Gasteiger partial charge in [0, 0.05) is 10.0 Å². The zero-order chi connectivity index (χ0) is 9.84. The number of carbonyl (C=O) groups excluding carboxylic acids is 2. The molecule has 13 heavy (non-hydrogen) atoms. The van der Waals surface area contributed by atoms with Gasteiger partial charge in [-0.1, -0.05) is 44.0 Å². The number of rotatable bonds is 3. The predicted octanol–water partition coefficient (Wildman–Crippen LogP) is 2.60. The number of hydrogen-bond donors (Lipinski definition) is 0. The van der Waals surface area contributed by atoms with Crippen molar-refractivity contribution >= 4 is 43.4 Å². The van der Waals surface area contributed by atoms with E-state index in [0.717, 1.165) is 0 Å². The van der Waals surface area contributed by atoms with Crippen molar-refractivity contribution in [3.8, 4) is 0 Å². The minimum Gasteiger partial charge on any atom is -0.290 e. The maximum absolute atomic E-state index is 11.4. The molecule has 2 nitrogen and oxygen atoms in total. The highest BCUT2D eigenvalue weighted by Gasteiger charge is 2.16. The standard InChI is InChI=1S/C9H6Br2O2/c10-5-8(12)9(13)6-3-1-2-4-7(6)11/h1-4H,5H2. The van der Waals surface area contributed by atoms with Gasteiger partial charge in [-0.2, -0.15) is 0 Å². The fourth-order valence-electron chi connectivity index (χ4n) is 0.856. The van der Waals surface area contributed by atoms with E-state index in [4.69, 9.17) is 0 Å². The molecule has 4 heteroatoms. The SMILES string of the molecule is O=C(CBr)C(=O)c1ccccc1Br. The lowest BCUT2D eigenvalue weighted by atomic mass is 10.1. The summed E-state index contributed by atoms with van der Waals surface area (Å²) in [6, 6.07) is 6.86.